The van der Waals surface area contributed by atoms with Crippen molar-refractivity contribution in [3.8, 4) is 5.88 Å². The Labute approximate surface area is 136 Å². The highest BCUT2D eigenvalue weighted by Gasteiger charge is 2.17. The van der Waals surface area contributed by atoms with Gasteiger partial charge in [-0.25, -0.2) is 9.37 Å². The van der Waals surface area contributed by atoms with Crippen LogP contribution in [0.1, 0.15) is 10.4 Å². The first kappa shape index (κ1) is 15.2. The predicted octanol–water partition coefficient (Wildman–Crippen LogP) is 4.29. The lowest BCUT2D eigenvalue weighted by Crippen LogP contribution is -2.15. The van der Waals surface area contributed by atoms with Crippen molar-refractivity contribution in [2.75, 3.05) is 12.4 Å². The van der Waals surface area contributed by atoms with Crippen LogP contribution in [0.15, 0.2) is 48.5 Å². The average molecular weight is 331 g/mol. The van der Waals surface area contributed by atoms with Gasteiger partial charge in [0.1, 0.15) is 5.82 Å². The van der Waals surface area contributed by atoms with E-state index in [9.17, 15) is 9.18 Å². The lowest BCUT2D eigenvalue weighted by molar-refractivity contribution is 0.102. The normalized spacial score (nSPS) is 10.6. The lowest BCUT2D eigenvalue weighted by atomic mass is 10.1. The molecule has 0 saturated carbocycles. The summed E-state index contributed by atoms with van der Waals surface area (Å²) in [5, 5.41) is 3.52. The number of hydrogen-bond donors (Lipinski definition) is 1. The molecule has 1 heterocycles. The lowest BCUT2D eigenvalue weighted by Gasteiger charge is -2.10. The number of hydrogen-bond acceptors (Lipinski definition) is 3. The number of anilines is 1. The summed E-state index contributed by atoms with van der Waals surface area (Å²) in [6.07, 6.45) is 0. The number of rotatable bonds is 3. The number of nitrogens with zero attached hydrogens (tertiary/aromatic N) is 1. The summed E-state index contributed by atoms with van der Waals surface area (Å²) in [5.74, 6) is -0.894. The van der Waals surface area contributed by atoms with Gasteiger partial charge >= 0.3 is 0 Å². The molecule has 0 saturated heterocycles. The number of ether oxygens (including phenoxy) is 1. The summed E-state index contributed by atoms with van der Waals surface area (Å²) in [6.45, 7) is 0. The second-order valence-electron chi connectivity index (χ2n) is 4.78. The number of benzene rings is 2. The van der Waals surface area contributed by atoms with E-state index in [0.29, 0.717) is 17.1 Å². The Bertz CT molecular complexity index is 879. The smallest absolute Gasteiger partial charge is 0.260 e. The van der Waals surface area contributed by atoms with Crippen LogP contribution in [0, 0.1) is 5.82 Å². The molecule has 3 rings (SSSR count). The molecule has 0 radical (unpaired) electrons. The minimum atomic E-state index is -0.680. The largest absolute Gasteiger partial charge is 0.481 e. The number of methoxy groups -OCH3 is 1. The van der Waals surface area contributed by atoms with Gasteiger partial charge < -0.3 is 10.1 Å². The van der Waals surface area contributed by atoms with E-state index in [0.717, 1.165) is 5.39 Å². The molecule has 0 atom stereocenters. The summed E-state index contributed by atoms with van der Waals surface area (Å²) < 4.78 is 19.0. The molecular formula is C17H12ClFN2O2. The van der Waals surface area contributed by atoms with Gasteiger partial charge in [0, 0.05) is 11.5 Å². The summed E-state index contributed by atoms with van der Waals surface area (Å²) in [5.41, 5.74) is 0.799. The van der Waals surface area contributed by atoms with Crippen LogP contribution in [0.25, 0.3) is 10.9 Å². The Kier molecular flexibility index (Phi) is 4.12. The third-order valence-corrected chi connectivity index (χ3v) is 3.66. The van der Waals surface area contributed by atoms with E-state index in [4.69, 9.17) is 16.3 Å². The molecule has 1 aromatic heterocycles. The maximum atomic E-state index is 13.9. The Morgan fingerprint density at radius 2 is 1.96 bits per heavy atom. The SMILES string of the molecule is COc1ccc2cccc(NC(=O)c3c(F)cccc3Cl)c2n1. The fourth-order valence-corrected chi connectivity index (χ4v) is 2.49. The van der Waals surface area contributed by atoms with Gasteiger partial charge in [0.2, 0.25) is 5.88 Å². The van der Waals surface area contributed by atoms with Crippen LogP contribution in [-0.2, 0) is 0 Å². The van der Waals surface area contributed by atoms with E-state index in [1.54, 1.807) is 18.2 Å². The van der Waals surface area contributed by atoms with E-state index in [-0.39, 0.29) is 10.6 Å². The molecule has 0 bridgehead atoms. The molecule has 0 fully saturated rings. The maximum absolute atomic E-state index is 13.9. The van der Waals surface area contributed by atoms with Crippen LogP contribution in [0.4, 0.5) is 10.1 Å². The average Bonchev–Trinajstić information content (AvgIpc) is 2.54. The molecule has 0 aliphatic carbocycles. The molecule has 0 aliphatic rings. The number of halogens is 2. The first-order valence-corrected chi connectivity index (χ1v) is 7.17. The first-order valence-electron chi connectivity index (χ1n) is 6.79. The van der Waals surface area contributed by atoms with Crippen LogP contribution in [0.3, 0.4) is 0 Å². The van der Waals surface area contributed by atoms with Gasteiger partial charge in [0.15, 0.2) is 0 Å². The van der Waals surface area contributed by atoms with Crippen molar-refractivity contribution >= 4 is 34.1 Å². The molecule has 6 heteroatoms. The van der Waals surface area contributed by atoms with Gasteiger partial charge in [0.05, 0.1) is 28.9 Å². The topological polar surface area (TPSA) is 51.2 Å². The van der Waals surface area contributed by atoms with Gasteiger partial charge in [0.25, 0.3) is 5.91 Å². The van der Waals surface area contributed by atoms with Crippen LogP contribution in [-0.4, -0.2) is 18.0 Å². The van der Waals surface area contributed by atoms with Crippen LogP contribution in [0.5, 0.6) is 5.88 Å². The molecular weight excluding hydrogens is 319 g/mol. The second-order valence-corrected chi connectivity index (χ2v) is 5.19. The Balaban J connectivity index is 2.03. The second kappa shape index (κ2) is 6.22. The summed E-state index contributed by atoms with van der Waals surface area (Å²) in [7, 11) is 1.51. The van der Waals surface area contributed by atoms with E-state index < -0.39 is 11.7 Å². The number of carbonyl (C=O) groups excluding carboxylic acids is 1. The van der Waals surface area contributed by atoms with Crippen molar-refractivity contribution in [1.82, 2.24) is 4.98 Å². The number of para-hydroxylation sites is 1. The van der Waals surface area contributed by atoms with Crippen molar-refractivity contribution in [1.29, 1.82) is 0 Å². The zero-order valence-electron chi connectivity index (χ0n) is 12.1. The third-order valence-electron chi connectivity index (χ3n) is 3.34. The van der Waals surface area contributed by atoms with Gasteiger partial charge in [-0.2, -0.15) is 0 Å². The summed E-state index contributed by atoms with van der Waals surface area (Å²) in [4.78, 5) is 16.7. The van der Waals surface area contributed by atoms with Crippen molar-refractivity contribution < 1.29 is 13.9 Å². The molecule has 0 unspecified atom stereocenters. The Morgan fingerprint density at radius 1 is 1.17 bits per heavy atom. The van der Waals surface area contributed by atoms with E-state index in [1.165, 1.54) is 25.3 Å². The number of pyridine rings is 1. The van der Waals surface area contributed by atoms with Crippen molar-refractivity contribution in [3.63, 3.8) is 0 Å². The molecule has 0 spiro atoms. The molecule has 0 aliphatic heterocycles. The molecule has 1 N–H and O–H groups in total. The van der Waals surface area contributed by atoms with E-state index >= 15 is 0 Å². The van der Waals surface area contributed by atoms with Crippen molar-refractivity contribution in [2.45, 2.75) is 0 Å². The number of nitrogens with one attached hydrogen (secondary N) is 1. The number of aromatic nitrogens is 1. The van der Waals surface area contributed by atoms with Crippen LogP contribution in [0.2, 0.25) is 5.02 Å². The third kappa shape index (κ3) is 2.96. The Morgan fingerprint density at radius 3 is 2.70 bits per heavy atom. The minimum absolute atomic E-state index is 0.0493. The number of amides is 1. The van der Waals surface area contributed by atoms with E-state index in [1.807, 2.05) is 12.1 Å². The molecule has 1 amide bonds. The summed E-state index contributed by atoms with van der Waals surface area (Å²) >= 11 is 5.92. The van der Waals surface area contributed by atoms with Gasteiger partial charge in [-0.15, -0.1) is 0 Å². The van der Waals surface area contributed by atoms with E-state index in [2.05, 4.69) is 10.3 Å². The standard InChI is InChI=1S/C17H12ClFN2O2/c1-23-14-9-8-10-4-2-7-13(16(10)21-14)20-17(22)15-11(18)5-3-6-12(15)19/h2-9H,1H3,(H,20,22). The maximum Gasteiger partial charge on any atom is 0.260 e. The fourth-order valence-electron chi connectivity index (χ4n) is 2.24. The zero-order chi connectivity index (χ0) is 16.4. The van der Waals surface area contributed by atoms with Crippen molar-refractivity contribution in [3.05, 3.63) is 64.9 Å². The van der Waals surface area contributed by atoms with Crippen molar-refractivity contribution in [2.24, 2.45) is 0 Å². The highest BCUT2D eigenvalue weighted by molar-refractivity contribution is 6.34. The zero-order valence-corrected chi connectivity index (χ0v) is 12.9. The predicted molar refractivity (Wildman–Crippen MR) is 87.7 cm³/mol. The number of carbonyl (C=O) groups is 1. The molecule has 3 aromatic rings. The molecule has 2 aromatic carbocycles. The van der Waals surface area contributed by atoms with Crippen LogP contribution >= 0.6 is 11.6 Å². The summed E-state index contributed by atoms with van der Waals surface area (Å²) in [6, 6.07) is 13.0. The molecule has 4 nitrogen and oxygen atoms in total. The number of fused-ring (bicyclic) bond motifs is 1. The van der Waals surface area contributed by atoms with Crippen LogP contribution < -0.4 is 10.1 Å². The molecule has 116 valence electrons. The molecule has 23 heavy (non-hydrogen) atoms. The fraction of sp³-hybridized carbons (Fsp3) is 0.0588. The van der Waals surface area contributed by atoms with Gasteiger partial charge in [-0.05, 0) is 24.3 Å². The van der Waals surface area contributed by atoms with Gasteiger partial charge in [-0.3, -0.25) is 4.79 Å². The highest BCUT2D eigenvalue weighted by Crippen LogP contribution is 2.26. The quantitative estimate of drug-likeness (QED) is 0.779. The monoisotopic (exact) mass is 330 g/mol. The highest BCUT2D eigenvalue weighted by atomic mass is 35.5. The minimum Gasteiger partial charge on any atom is -0.481 e. The van der Waals surface area contributed by atoms with Gasteiger partial charge in [-0.1, -0.05) is 29.8 Å². The first-order chi connectivity index (χ1) is 11.1. The Hall–Kier alpha value is -2.66.